The molecular weight excluding hydrogens is 197 g/mol. The quantitative estimate of drug-likeness (QED) is 0.805. The van der Waals surface area contributed by atoms with Crippen LogP contribution >= 0.6 is 0 Å². The molecule has 0 atom stereocenters. The van der Waals surface area contributed by atoms with E-state index in [1.165, 1.54) is 23.2 Å². The highest BCUT2D eigenvalue weighted by Crippen LogP contribution is 2.16. The van der Waals surface area contributed by atoms with E-state index in [-0.39, 0.29) is 23.9 Å². The molecule has 0 radical (unpaired) electrons. The molecule has 0 spiro atoms. The molecule has 0 bridgehead atoms. The van der Waals surface area contributed by atoms with Gasteiger partial charge in [0.1, 0.15) is 11.6 Å². The molecule has 0 aliphatic carbocycles. The lowest BCUT2D eigenvalue weighted by Gasteiger charge is -2.12. The second-order valence-electron chi connectivity index (χ2n) is 3.45. The predicted octanol–water partition coefficient (Wildman–Crippen LogP) is 1.96. The van der Waals surface area contributed by atoms with E-state index in [0.717, 1.165) is 5.56 Å². The zero-order valence-corrected chi connectivity index (χ0v) is 7.98. The van der Waals surface area contributed by atoms with E-state index < -0.39 is 0 Å². The average molecular weight is 207 g/mol. The number of rotatable bonds is 2. The monoisotopic (exact) mass is 207 g/mol. The van der Waals surface area contributed by atoms with Crippen molar-refractivity contribution >= 4 is 5.91 Å². The topological polar surface area (TPSA) is 40.5 Å². The number of aliphatic hydroxyl groups is 1. The summed E-state index contributed by atoms with van der Waals surface area (Å²) in [4.78, 5) is 12.7. The Morgan fingerprint density at radius 1 is 1.33 bits per heavy atom. The van der Waals surface area contributed by atoms with E-state index in [2.05, 4.69) is 0 Å². The number of benzene rings is 1. The maximum Gasteiger partial charge on any atom is 0.234 e. The lowest BCUT2D eigenvalue weighted by Crippen LogP contribution is -2.20. The Hall–Kier alpha value is -1.84. The van der Waals surface area contributed by atoms with Gasteiger partial charge in [-0.2, -0.15) is 0 Å². The fourth-order valence-corrected chi connectivity index (χ4v) is 1.47. The normalized spacial score (nSPS) is 15.7. The van der Waals surface area contributed by atoms with Crippen molar-refractivity contribution in [1.82, 2.24) is 4.90 Å². The maximum absolute atomic E-state index is 12.6. The molecule has 3 nitrogen and oxygen atoms in total. The van der Waals surface area contributed by atoms with Crippen molar-refractivity contribution in [3.05, 3.63) is 47.6 Å². The fraction of sp³-hybridized carbons (Fsp3) is 0.182. The summed E-state index contributed by atoms with van der Waals surface area (Å²) in [7, 11) is 0. The van der Waals surface area contributed by atoms with Gasteiger partial charge in [0.05, 0.1) is 13.0 Å². The van der Waals surface area contributed by atoms with Crippen LogP contribution in [-0.2, 0) is 11.3 Å². The summed E-state index contributed by atoms with van der Waals surface area (Å²) in [6.07, 6.45) is 1.47. The minimum atomic E-state index is -0.301. The van der Waals surface area contributed by atoms with Crippen LogP contribution in [0.4, 0.5) is 4.39 Å². The van der Waals surface area contributed by atoms with Crippen LogP contribution in [0.2, 0.25) is 0 Å². The molecule has 2 rings (SSSR count). The number of carbonyl (C=O) groups excluding carboxylic acids is 1. The molecule has 0 fully saturated rings. The van der Waals surface area contributed by atoms with Crippen molar-refractivity contribution in [3.8, 4) is 0 Å². The summed E-state index contributed by atoms with van der Waals surface area (Å²) in [5, 5.41) is 9.13. The van der Waals surface area contributed by atoms with Gasteiger partial charge in [0.25, 0.3) is 0 Å². The largest absolute Gasteiger partial charge is 0.510 e. The first kappa shape index (κ1) is 9.71. The summed E-state index contributed by atoms with van der Waals surface area (Å²) in [5.41, 5.74) is 0.829. The standard InChI is InChI=1S/C11H10FNO2/c12-9-3-1-8(2-4-9)6-13-7-10(14)5-11(13)15/h1-4,7,14H,5-6H2. The highest BCUT2D eigenvalue weighted by atomic mass is 19.1. The maximum atomic E-state index is 12.6. The van der Waals surface area contributed by atoms with E-state index in [1.54, 1.807) is 12.1 Å². The highest BCUT2D eigenvalue weighted by Gasteiger charge is 2.20. The zero-order chi connectivity index (χ0) is 10.8. The molecule has 0 saturated carbocycles. The van der Waals surface area contributed by atoms with E-state index in [4.69, 9.17) is 5.11 Å². The van der Waals surface area contributed by atoms with E-state index in [1.807, 2.05) is 0 Å². The minimum Gasteiger partial charge on any atom is -0.510 e. The minimum absolute atomic E-state index is 0.0567. The Morgan fingerprint density at radius 2 is 2.00 bits per heavy atom. The Morgan fingerprint density at radius 3 is 2.53 bits per heavy atom. The summed E-state index contributed by atoms with van der Waals surface area (Å²) in [5.74, 6) is -0.371. The van der Waals surface area contributed by atoms with Gasteiger partial charge in [-0.05, 0) is 17.7 Å². The number of halogens is 1. The van der Waals surface area contributed by atoms with Crippen LogP contribution in [0.15, 0.2) is 36.2 Å². The van der Waals surface area contributed by atoms with Gasteiger partial charge in [0.2, 0.25) is 5.91 Å². The van der Waals surface area contributed by atoms with Crippen LogP contribution in [0, 0.1) is 5.82 Å². The van der Waals surface area contributed by atoms with E-state index in [0.29, 0.717) is 6.54 Å². The van der Waals surface area contributed by atoms with Crippen molar-refractivity contribution in [3.63, 3.8) is 0 Å². The van der Waals surface area contributed by atoms with Crippen LogP contribution in [0.3, 0.4) is 0 Å². The zero-order valence-electron chi connectivity index (χ0n) is 7.98. The van der Waals surface area contributed by atoms with Crippen molar-refractivity contribution in [2.45, 2.75) is 13.0 Å². The van der Waals surface area contributed by atoms with Gasteiger partial charge in [-0.25, -0.2) is 4.39 Å². The second kappa shape index (κ2) is 3.73. The SMILES string of the molecule is O=C1CC(O)=CN1Cc1ccc(F)cc1. The van der Waals surface area contributed by atoms with Crippen LogP contribution in [-0.4, -0.2) is 15.9 Å². The molecule has 1 aliphatic heterocycles. The number of aliphatic hydroxyl groups excluding tert-OH is 1. The number of amides is 1. The first-order chi connectivity index (χ1) is 7.15. The average Bonchev–Trinajstić information content (AvgIpc) is 2.49. The van der Waals surface area contributed by atoms with Crippen LogP contribution in [0.25, 0.3) is 0 Å². The van der Waals surface area contributed by atoms with Crippen molar-refractivity contribution < 1.29 is 14.3 Å². The van der Waals surface area contributed by atoms with Crippen molar-refractivity contribution in [2.24, 2.45) is 0 Å². The Labute approximate surface area is 86.4 Å². The van der Waals surface area contributed by atoms with E-state index in [9.17, 15) is 9.18 Å². The molecule has 4 heteroatoms. The number of hydrogen-bond acceptors (Lipinski definition) is 2. The van der Waals surface area contributed by atoms with Gasteiger partial charge in [-0.3, -0.25) is 4.79 Å². The summed E-state index contributed by atoms with van der Waals surface area (Å²) in [6, 6.07) is 5.93. The Bertz CT molecular complexity index is 411. The Kier molecular flexibility index (Phi) is 2.41. The molecule has 0 aromatic heterocycles. The molecule has 1 aliphatic rings. The lowest BCUT2D eigenvalue weighted by atomic mass is 10.2. The third-order valence-electron chi connectivity index (χ3n) is 2.22. The second-order valence-corrected chi connectivity index (χ2v) is 3.45. The predicted molar refractivity (Wildman–Crippen MR) is 52.3 cm³/mol. The third kappa shape index (κ3) is 2.15. The summed E-state index contributed by atoms with van der Waals surface area (Å²) >= 11 is 0. The van der Waals surface area contributed by atoms with Gasteiger partial charge >= 0.3 is 0 Å². The first-order valence-corrected chi connectivity index (χ1v) is 4.59. The molecule has 78 valence electrons. The molecule has 0 unspecified atom stereocenters. The number of hydrogen-bond donors (Lipinski definition) is 1. The van der Waals surface area contributed by atoms with Gasteiger partial charge in [-0.1, -0.05) is 12.1 Å². The smallest absolute Gasteiger partial charge is 0.234 e. The fourth-order valence-electron chi connectivity index (χ4n) is 1.47. The molecule has 1 aromatic carbocycles. The van der Waals surface area contributed by atoms with Gasteiger partial charge in [0.15, 0.2) is 0 Å². The summed E-state index contributed by atoms with van der Waals surface area (Å²) < 4.78 is 12.6. The van der Waals surface area contributed by atoms with Gasteiger partial charge < -0.3 is 10.0 Å². The lowest BCUT2D eigenvalue weighted by molar-refractivity contribution is -0.127. The molecule has 1 aromatic rings. The highest BCUT2D eigenvalue weighted by molar-refractivity contribution is 5.82. The van der Waals surface area contributed by atoms with Crippen molar-refractivity contribution in [1.29, 1.82) is 0 Å². The number of nitrogens with zero attached hydrogens (tertiary/aromatic N) is 1. The molecule has 15 heavy (non-hydrogen) atoms. The van der Waals surface area contributed by atoms with Crippen molar-refractivity contribution in [2.75, 3.05) is 0 Å². The summed E-state index contributed by atoms with van der Waals surface area (Å²) in [6.45, 7) is 0.364. The molecule has 0 saturated heterocycles. The van der Waals surface area contributed by atoms with Gasteiger partial charge in [0, 0.05) is 6.20 Å². The number of carbonyl (C=O) groups is 1. The molecule has 1 amide bonds. The van der Waals surface area contributed by atoms with Crippen LogP contribution < -0.4 is 0 Å². The van der Waals surface area contributed by atoms with E-state index >= 15 is 0 Å². The van der Waals surface area contributed by atoms with Crippen LogP contribution in [0.5, 0.6) is 0 Å². The molecule has 1 N–H and O–H groups in total. The third-order valence-corrected chi connectivity index (χ3v) is 2.22. The van der Waals surface area contributed by atoms with Gasteiger partial charge in [-0.15, -0.1) is 0 Å². The first-order valence-electron chi connectivity index (χ1n) is 4.59. The molecule has 1 heterocycles. The van der Waals surface area contributed by atoms with Crippen LogP contribution in [0.1, 0.15) is 12.0 Å². The molecular formula is C11H10FNO2. The Balaban J connectivity index is 2.09.